The lowest BCUT2D eigenvalue weighted by Crippen LogP contribution is -2.56. The third-order valence-corrected chi connectivity index (χ3v) is 14.6. The van der Waals surface area contributed by atoms with Crippen molar-refractivity contribution < 1.29 is 38.2 Å². The third kappa shape index (κ3) is 10.6. The zero-order valence-corrected chi connectivity index (χ0v) is 41.9. The zero-order valence-electron chi connectivity index (χ0n) is 40.9. The minimum atomic E-state index is -1.39. The van der Waals surface area contributed by atoms with Gasteiger partial charge < -0.3 is 14.8 Å². The lowest BCUT2D eigenvalue weighted by Gasteiger charge is -2.34. The maximum absolute atomic E-state index is 13.8. The van der Waals surface area contributed by atoms with Crippen molar-refractivity contribution in [3.05, 3.63) is 88.4 Å². The van der Waals surface area contributed by atoms with Gasteiger partial charge in [-0.3, -0.25) is 43.4 Å². The van der Waals surface area contributed by atoms with Gasteiger partial charge in [0, 0.05) is 73.9 Å². The van der Waals surface area contributed by atoms with Gasteiger partial charge in [-0.15, -0.1) is 0 Å². The molecule has 17 heteroatoms. The maximum Gasteiger partial charge on any atom is 0.419 e. The Morgan fingerprint density at radius 1 is 0.942 bits per heavy atom. The summed E-state index contributed by atoms with van der Waals surface area (Å²) in [4.78, 5) is 89.9. The number of nitrogens with one attached hydrogen (secondary N) is 1. The molecule has 0 saturated carbocycles. The summed E-state index contributed by atoms with van der Waals surface area (Å²) >= 11 is 0. The highest BCUT2D eigenvalue weighted by molar-refractivity contribution is 6.76. The van der Waals surface area contributed by atoms with Gasteiger partial charge in [-0.05, 0) is 110 Å². The molecule has 69 heavy (non-hydrogen) atoms. The molecule has 5 aromatic rings. The minimum absolute atomic E-state index is 0.0219. The molecule has 1 unspecified atom stereocenters. The average Bonchev–Trinajstić information content (AvgIpc) is 4.03. The number of unbranched alkanes of at least 4 members (excludes halogenated alkanes) is 3. The van der Waals surface area contributed by atoms with E-state index in [-0.39, 0.29) is 48.6 Å². The molecule has 1 N–H and O–H groups in total. The topological polar surface area (TPSA) is 178 Å². The highest BCUT2D eigenvalue weighted by Crippen LogP contribution is 2.36. The van der Waals surface area contributed by atoms with E-state index in [1.807, 2.05) is 50.6 Å². The molecule has 3 aromatic heterocycles. The largest absolute Gasteiger partial charge is 0.443 e. The molecule has 2 fully saturated rings. The number of benzene rings is 2. The number of aryl methyl sites for hydroxylation is 2. The van der Waals surface area contributed by atoms with Gasteiger partial charge in [0.1, 0.15) is 24.2 Å². The number of piperidine rings is 1. The number of hydrogen-bond donors (Lipinski definition) is 1. The minimum Gasteiger partial charge on any atom is -0.443 e. The van der Waals surface area contributed by atoms with Crippen LogP contribution in [-0.2, 0) is 25.6 Å². The third-order valence-electron chi connectivity index (χ3n) is 12.9. The molecule has 16 nitrogen and oxygen atoms in total. The molecule has 3 aliphatic heterocycles. The van der Waals surface area contributed by atoms with E-state index in [1.54, 1.807) is 41.1 Å². The van der Waals surface area contributed by atoms with E-state index in [1.165, 1.54) is 0 Å². The standard InChI is InChI=1S/C52H62N8O8Si/c1-33-37-21-20-35(47(62)54-44-30-41-36(31-53-44)29-43(39-19-15-24-56(39)5)59(41)51(66)68-52(2,3)4)28-42(37)58(55-33)25-13-11-9-10-12-16-34-17-14-18-38-46(34)50(65)60(48(38)63)40-22-23-45(61)57(49(40)64)32-67-26-27-69(6,7)8/h14,17-18,20-21,28-31,39-40H,9-11,13,15,19,22-27,32H2,1-8H3,(H,53,54,62)/t39-,40?/m1/s1. The van der Waals surface area contributed by atoms with Crippen molar-refractivity contribution in [2.24, 2.45) is 0 Å². The fourth-order valence-corrected chi connectivity index (χ4v) is 10.1. The number of ether oxygens (including phenoxy) is 2. The van der Waals surface area contributed by atoms with Gasteiger partial charge in [0.2, 0.25) is 5.91 Å². The molecule has 0 radical (unpaired) electrons. The van der Waals surface area contributed by atoms with E-state index in [2.05, 4.69) is 53.7 Å². The zero-order chi connectivity index (χ0) is 49.4. The van der Waals surface area contributed by atoms with Gasteiger partial charge in [0.25, 0.3) is 23.6 Å². The number of carbonyl (C=O) groups excluding carboxylic acids is 6. The van der Waals surface area contributed by atoms with Crippen LogP contribution in [0.15, 0.2) is 54.7 Å². The second-order valence-corrected chi connectivity index (χ2v) is 26.2. The summed E-state index contributed by atoms with van der Waals surface area (Å²) in [5.74, 6) is 4.10. The molecule has 3 aliphatic rings. The molecule has 362 valence electrons. The monoisotopic (exact) mass is 954 g/mol. The molecule has 2 aromatic carbocycles. The smallest absolute Gasteiger partial charge is 0.419 e. The van der Waals surface area contributed by atoms with Crippen molar-refractivity contribution >= 4 is 71.3 Å². The van der Waals surface area contributed by atoms with Gasteiger partial charge in [-0.2, -0.15) is 5.10 Å². The van der Waals surface area contributed by atoms with Gasteiger partial charge in [0.05, 0.1) is 33.9 Å². The van der Waals surface area contributed by atoms with Crippen LogP contribution in [0, 0.1) is 18.8 Å². The molecule has 0 aliphatic carbocycles. The van der Waals surface area contributed by atoms with Crippen molar-refractivity contribution in [2.45, 2.75) is 129 Å². The molecule has 0 bridgehead atoms. The summed E-state index contributed by atoms with van der Waals surface area (Å²) in [7, 11) is 0.669. The number of anilines is 1. The number of nitrogens with zero attached hydrogens (tertiary/aromatic N) is 7. The first kappa shape index (κ1) is 49.0. The van der Waals surface area contributed by atoms with Crippen molar-refractivity contribution in [3.63, 3.8) is 0 Å². The van der Waals surface area contributed by atoms with E-state index < -0.39 is 43.5 Å². The number of amides is 5. The van der Waals surface area contributed by atoms with Crippen LogP contribution in [-0.4, -0.2) is 116 Å². The summed E-state index contributed by atoms with van der Waals surface area (Å²) in [6, 6.07) is 14.0. The molecular formula is C52H62N8O8Si. The van der Waals surface area contributed by atoms with Gasteiger partial charge in [0.15, 0.2) is 0 Å². The Bertz CT molecular complexity index is 2930. The van der Waals surface area contributed by atoms with Crippen LogP contribution in [0.5, 0.6) is 0 Å². The summed E-state index contributed by atoms with van der Waals surface area (Å²) in [6.07, 6.45) is 6.19. The molecule has 6 heterocycles. The number of imide groups is 2. The Morgan fingerprint density at radius 2 is 1.74 bits per heavy atom. The Balaban J connectivity index is 0.880. The van der Waals surface area contributed by atoms with E-state index in [4.69, 9.17) is 14.6 Å². The number of carbonyl (C=O) groups is 6. The highest BCUT2D eigenvalue weighted by atomic mass is 28.3. The molecule has 8 rings (SSSR count). The quantitative estimate of drug-likeness (QED) is 0.0488. The van der Waals surface area contributed by atoms with Crippen LogP contribution in [0.25, 0.3) is 21.8 Å². The predicted molar refractivity (Wildman–Crippen MR) is 265 cm³/mol. The first-order valence-electron chi connectivity index (χ1n) is 23.9. The number of likely N-dealkylation sites (tertiary alicyclic amines) is 2. The van der Waals surface area contributed by atoms with Crippen molar-refractivity contribution in [2.75, 3.05) is 32.2 Å². The predicted octanol–water partition coefficient (Wildman–Crippen LogP) is 8.53. The highest BCUT2D eigenvalue weighted by Gasteiger charge is 2.48. The van der Waals surface area contributed by atoms with Crippen LogP contribution >= 0.6 is 0 Å². The summed E-state index contributed by atoms with van der Waals surface area (Å²) in [5, 5.41) is 9.45. The molecule has 2 saturated heterocycles. The molecular weight excluding hydrogens is 893 g/mol. The average molecular weight is 955 g/mol. The normalized spacial score (nSPS) is 17.8. The SMILES string of the molecule is Cc1nn(CCCCCC#Cc2cccc3c2C(=O)N(C2CCC(=O)N(COCC[Si](C)(C)C)C2=O)C3=O)c2cc(C(=O)Nc3cc4c(cn3)cc([C@H]3CCCN3C)n4C(=O)OC(C)(C)C)ccc12. The van der Waals surface area contributed by atoms with Gasteiger partial charge >= 0.3 is 6.09 Å². The van der Waals surface area contributed by atoms with Crippen molar-refractivity contribution in [3.8, 4) is 11.8 Å². The van der Waals surface area contributed by atoms with Crippen LogP contribution < -0.4 is 5.32 Å². The lowest BCUT2D eigenvalue weighted by atomic mass is 10.0. The van der Waals surface area contributed by atoms with E-state index in [0.717, 1.165) is 82.2 Å². The van der Waals surface area contributed by atoms with Crippen molar-refractivity contribution in [1.29, 1.82) is 0 Å². The Labute approximate surface area is 403 Å². The number of hydrogen-bond acceptors (Lipinski definition) is 11. The summed E-state index contributed by atoms with van der Waals surface area (Å²) in [5.41, 5.74) is 3.66. The van der Waals surface area contributed by atoms with E-state index in [9.17, 15) is 28.8 Å². The second-order valence-electron chi connectivity index (χ2n) is 20.5. The van der Waals surface area contributed by atoms with Crippen LogP contribution in [0.3, 0.4) is 0 Å². The maximum atomic E-state index is 13.8. The van der Waals surface area contributed by atoms with Crippen LogP contribution in [0.2, 0.25) is 25.7 Å². The van der Waals surface area contributed by atoms with Gasteiger partial charge in [-0.25, -0.2) is 14.3 Å². The first-order valence-corrected chi connectivity index (χ1v) is 27.7. The summed E-state index contributed by atoms with van der Waals surface area (Å²) < 4.78 is 15.1. The number of pyridine rings is 1. The summed E-state index contributed by atoms with van der Waals surface area (Å²) in [6.45, 7) is 15.9. The number of aromatic nitrogens is 4. The number of fused-ring (bicyclic) bond motifs is 3. The van der Waals surface area contributed by atoms with E-state index in [0.29, 0.717) is 42.0 Å². The Morgan fingerprint density at radius 3 is 2.48 bits per heavy atom. The Hall–Kier alpha value is -6.48. The number of rotatable bonds is 14. The molecule has 0 spiro atoms. The fourth-order valence-electron chi connectivity index (χ4n) is 9.30. The molecule has 2 atom stereocenters. The Kier molecular flexibility index (Phi) is 14.1. The van der Waals surface area contributed by atoms with Crippen molar-refractivity contribution in [1.82, 2.24) is 34.0 Å². The molecule has 5 amide bonds. The second kappa shape index (κ2) is 19.9. The fraction of sp³-hybridized carbons (Fsp3) is 0.462. The lowest BCUT2D eigenvalue weighted by molar-refractivity contribution is -0.158. The van der Waals surface area contributed by atoms with Crippen LogP contribution in [0.1, 0.15) is 126 Å². The first-order chi connectivity index (χ1) is 32.8. The van der Waals surface area contributed by atoms with Gasteiger partial charge in [-0.1, -0.05) is 50.0 Å². The van der Waals surface area contributed by atoms with E-state index >= 15 is 0 Å². The van der Waals surface area contributed by atoms with Crippen LogP contribution in [0.4, 0.5) is 10.6 Å².